The Morgan fingerprint density at radius 1 is 1.45 bits per heavy atom. The average molecular weight is 293 g/mol. The third-order valence-electron chi connectivity index (χ3n) is 3.94. The minimum Gasteiger partial charge on any atom is -0.396 e. The van der Waals surface area contributed by atoms with E-state index < -0.39 is 0 Å². The zero-order valence-corrected chi connectivity index (χ0v) is 12.9. The van der Waals surface area contributed by atoms with Gasteiger partial charge in [0.15, 0.2) is 0 Å². The summed E-state index contributed by atoms with van der Waals surface area (Å²) in [5.41, 5.74) is 1.12. The van der Waals surface area contributed by atoms with Crippen LogP contribution in [-0.2, 0) is 11.2 Å². The largest absolute Gasteiger partial charge is 0.396 e. The first-order valence-corrected chi connectivity index (χ1v) is 8.47. The first-order chi connectivity index (χ1) is 9.74. The predicted octanol–water partition coefficient (Wildman–Crippen LogP) is 2.57. The van der Waals surface area contributed by atoms with Crippen molar-refractivity contribution in [1.82, 2.24) is 4.90 Å². The lowest BCUT2D eigenvalue weighted by Crippen LogP contribution is -2.41. The van der Waals surface area contributed by atoms with Crippen LogP contribution in [0.25, 0.3) is 0 Å². The summed E-state index contributed by atoms with van der Waals surface area (Å²) in [4.78, 5) is 15.6. The molecule has 1 N–H and O–H groups in total. The van der Waals surface area contributed by atoms with Crippen LogP contribution in [0.4, 0.5) is 0 Å². The van der Waals surface area contributed by atoms with E-state index in [1.54, 1.807) is 11.8 Å². The van der Waals surface area contributed by atoms with E-state index in [1.807, 2.05) is 29.4 Å². The number of hydrogen-bond donors (Lipinski definition) is 1. The van der Waals surface area contributed by atoms with Gasteiger partial charge >= 0.3 is 0 Å². The van der Waals surface area contributed by atoms with Gasteiger partial charge in [-0.2, -0.15) is 0 Å². The zero-order valence-electron chi connectivity index (χ0n) is 12.0. The number of piperidine rings is 1. The monoisotopic (exact) mass is 293 g/mol. The standard InChI is InChI=1S/C16H23NO2S/c1-20-15-7-3-2-6-14(15)11-16(19)17-9-4-5-13(12-17)8-10-18/h2-3,6-7,13,18H,4-5,8-12H2,1H3/t13-/m1/s1. The molecule has 1 atom stereocenters. The molecule has 4 heteroatoms. The summed E-state index contributed by atoms with van der Waals surface area (Å²) in [5.74, 6) is 0.683. The number of benzene rings is 1. The molecule has 0 radical (unpaired) electrons. The zero-order chi connectivity index (χ0) is 14.4. The molecule has 1 aromatic rings. The minimum absolute atomic E-state index is 0.217. The van der Waals surface area contributed by atoms with E-state index in [0.717, 1.165) is 37.9 Å². The molecule has 3 nitrogen and oxygen atoms in total. The topological polar surface area (TPSA) is 40.5 Å². The molecule has 1 aromatic carbocycles. The van der Waals surface area contributed by atoms with Gasteiger partial charge in [-0.1, -0.05) is 18.2 Å². The van der Waals surface area contributed by atoms with Crippen molar-refractivity contribution in [3.63, 3.8) is 0 Å². The molecule has 1 heterocycles. The van der Waals surface area contributed by atoms with E-state index in [2.05, 4.69) is 6.07 Å². The number of rotatable bonds is 5. The maximum Gasteiger partial charge on any atom is 0.227 e. The van der Waals surface area contributed by atoms with Crippen LogP contribution >= 0.6 is 11.8 Å². The van der Waals surface area contributed by atoms with Crippen LogP contribution in [0.3, 0.4) is 0 Å². The first-order valence-electron chi connectivity index (χ1n) is 7.25. The number of likely N-dealkylation sites (tertiary alicyclic amines) is 1. The molecule has 1 aliphatic rings. The van der Waals surface area contributed by atoms with Gasteiger partial charge in [0.25, 0.3) is 0 Å². The lowest BCUT2D eigenvalue weighted by Gasteiger charge is -2.32. The maximum atomic E-state index is 12.4. The molecule has 1 aliphatic heterocycles. The van der Waals surface area contributed by atoms with Crippen LogP contribution in [0.15, 0.2) is 29.2 Å². The smallest absolute Gasteiger partial charge is 0.227 e. The Balaban J connectivity index is 1.97. The summed E-state index contributed by atoms with van der Waals surface area (Å²) in [6, 6.07) is 8.11. The van der Waals surface area contributed by atoms with E-state index in [4.69, 9.17) is 5.11 Å². The van der Waals surface area contributed by atoms with Crippen molar-refractivity contribution in [3.8, 4) is 0 Å². The molecule has 0 aromatic heterocycles. The van der Waals surface area contributed by atoms with Gasteiger partial charge in [-0.05, 0) is 43.1 Å². The van der Waals surface area contributed by atoms with Crippen LogP contribution in [0.2, 0.25) is 0 Å². The molecule has 1 saturated heterocycles. The van der Waals surface area contributed by atoms with Gasteiger partial charge in [0, 0.05) is 24.6 Å². The van der Waals surface area contributed by atoms with Gasteiger partial charge in [0.05, 0.1) is 6.42 Å². The van der Waals surface area contributed by atoms with E-state index >= 15 is 0 Å². The molecule has 0 aliphatic carbocycles. The Hall–Kier alpha value is -1.00. The Morgan fingerprint density at radius 3 is 3.00 bits per heavy atom. The lowest BCUT2D eigenvalue weighted by molar-refractivity contribution is -0.132. The fourth-order valence-corrected chi connectivity index (χ4v) is 3.45. The fraction of sp³-hybridized carbons (Fsp3) is 0.562. The summed E-state index contributed by atoms with van der Waals surface area (Å²) < 4.78 is 0. The third kappa shape index (κ3) is 4.00. The van der Waals surface area contributed by atoms with Crippen molar-refractivity contribution >= 4 is 17.7 Å². The minimum atomic E-state index is 0.217. The predicted molar refractivity (Wildman–Crippen MR) is 82.9 cm³/mol. The van der Waals surface area contributed by atoms with Crippen LogP contribution < -0.4 is 0 Å². The molecule has 1 amide bonds. The van der Waals surface area contributed by atoms with E-state index in [0.29, 0.717) is 12.3 Å². The molecule has 20 heavy (non-hydrogen) atoms. The highest BCUT2D eigenvalue weighted by atomic mass is 32.2. The van der Waals surface area contributed by atoms with Gasteiger partial charge in [-0.3, -0.25) is 4.79 Å². The molecular weight excluding hydrogens is 270 g/mol. The number of carbonyl (C=O) groups is 1. The summed E-state index contributed by atoms with van der Waals surface area (Å²) >= 11 is 1.69. The van der Waals surface area contributed by atoms with Gasteiger partial charge in [-0.25, -0.2) is 0 Å². The lowest BCUT2D eigenvalue weighted by atomic mass is 9.95. The Bertz CT molecular complexity index is 448. The molecule has 2 rings (SSSR count). The molecule has 0 spiro atoms. The van der Waals surface area contributed by atoms with Gasteiger partial charge in [-0.15, -0.1) is 11.8 Å². The van der Waals surface area contributed by atoms with E-state index in [-0.39, 0.29) is 12.5 Å². The van der Waals surface area contributed by atoms with Crippen LogP contribution in [0, 0.1) is 5.92 Å². The Morgan fingerprint density at radius 2 is 2.25 bits per heavy atom. The quantitative estimate of drug-likeness (QED) is 0.848. The summed E-state index contributed by atoms with van der Waals surface area (Å²) in [5, 5.41) is 9.04. The number of thioether (sulfide) groups is 1. The normalized spacial score (nSPS) is 19.1. The number of carbonyl (C=O) groups excluding carboxylic acids is 1. The van der Waals surface area contributed by atoms with Crippen molar-refractivity contribution in [3.05, 3.63) is 29.8 Å². The van der Waals surface area contributed by atoms with Gasteiger partial charge in [0.2, 0.25) is 5.91 Å². The maximum absolute atomic E-state index is 12.4. The Labute approximate surface area is 125 Å². The molecule has 110 valence electrons. The average Bonchev–Trinajstić information content (AvgIpc) is 2.48. The SMILES string of the molecule is CSc1ccccc1CC(=O)N1CCC[C@H](CCO)C1. The number of aliphatic hydroxyl groups is 1. The molecular formula is C16H23NO2S. The number of hydrogen-bond acceptors (Lipinski definition) is 3. The van der Waals surface area contributed by atoms with Crippen molar-refractivity contribution < 1.29 is 9.90 Å². The number of amides is 1. The van der Waals surface area contributed by atoms with Crippen molar-refractivity contribution in [1.29, 1.82) is 0 Å². The van der Waals surface area contributed by atoms with Crippen LogP contribution in [-0.4, -0.2) is 41.9 Å². The second-order valence-electron chi connectivity index (χ2n) is 5.35. The highest BCUT2D eigenvalue weighted by Gasteiger charge is 2.23. The molecule has 0 unspecified atom stereocenters. The molecule has 1 fully saturated rings. The third-order valence-corrected chi connectivity index (χ3v) is 4.78. The van der Waals surface area contributed by atoms with Crippen molar-refractivity contribution in [2.45, 2.75) is 30.6 Å². The summed E-state index contributed by atoms with van der Waals surface area (Å²) in [6.45, 7) is 1.89. The van der Waals surface area contributed by atoms with Crippen LogP contribution in [0.1, 0.15) is 24.8 Å². The van der Waals surface area contributed by atoms with Gasteiger partial charge in [0.1, 0.15) is 0 Å². The van der Waals surface area contributed by atoms with Crippen LogP contribution in [0.5, 0.6) is 0 Å². The molecule has 0 bridgehead atoms. The highest BCUT2D eigenvalue weighted by molar-refractivity contribution is 7.98. The molecule has 0 saturated carbocycles. The summed E-state index contributed by atoms with van der Waals surface area (Å²) in [6.07, 6.45) is 5.53. The highest BCUT2D eigenvalue weighted by Crippen LogP contribution is 2.23. The number of nitrogens with zero attached hydrogens (tertiary/aromatic N) is 1. The van der Waals surface area contributed by atoms with E-state index in [1.165, 1.54) is 4.90 Å². The van der Waals surface area contributed by atoms with E-state index in [9.17, 15) is 4.79 Å². The van der Waals surface area contributed by atoms with Gasteiger partial charge < -0.3 is 10.0 Å². The second kappa shape index (κ2) is 7.70. The Kier molecular flexibility index (Phi) is 5.92. The number of aliphatic hydroxyl groups excluding tert-OH is 1. The first kappa shape index (κ1) is 15.4. The van der Waals surface area contributed by atoms with Crippen molar-refractivity contribution in [2.24, 2.45) is 5.92 Å². The summed E-state index contributed by atoms with van der Waals surface area (Å²) in [7, 11) is 0. The second-order valence-corrected chi connectivity index (χ2v) is 6.20. The fourth-order valence-electron chi connectivity index (χ4n) is 2.83. The van der Waals surface area contributed by atoms with Crippen molar-refractivity contribution in [2.75, 3.05) is 26.0 Å².